The Morgan fingerprint density at radius 2 is 2.00 bits per heavy atom. The molecule has 0 aromatic rings. The molecule has 2 fully saturated rings. The van der Waals surface area contributed by atoms with Crippen LogP contribution in [0.2, 0.25) is 0 Å². The number of hydrogen-bond donors (Lipinski definition) is 1. The monoisotopic (exact) mass is 296 g/mol. The largest absolute Gasteiger partial charge is 0.465 e. The van der Waals surface area contributed by atoms with Gasteiger partial charge in [-0.1, -0.05) is 19.8 Å². The summed E-state index contributed by atoms with van der Waals surface area (Å²) in [5.74, 6) is 0.704. The van der Waals surface area contributed by atoms with Crippen LogP contribution in [0.1, 0.15) is 58.8 Å². The van der Waals surface area contributed by atoms with Crippen LogP contribution in [0.25, 0.3) is 0 Å². The van der Waals surface area contributed by atoms with Gasteiger partial charge in [0.2, 0.25) is 0 Å². The van der Waals surface area contributed by atoms with Crippen LogP contribution in [0, 0.1) is 5.92 Å². The van der Waals surface area contributed by atoms with Crippen LogP contribution in [0.5, 0.6) is 0 Å². The van der Waals surface area contributed by atoms with Crippen LogP contribution < -0.4 is 5.32 Å². The van der Waals surface area contributed by atoms with Crippen molar-refractivity contribution in [2.75, 3.05) is 20.2 Å². The normalized spacial score (nSPS) is 27.6. The molecule has 0 amide bonds. The first-order valence-corrected chi connectivity index (χ1v) is 8.74. The molecule has 2 aliphatic rings. The van der Waals surface area contributed by atoms with Gasteiger partial charge in [0, 0.05) is 18.6 Å². The molecule has 122 valence electrons. The fourth-order valence-electron chi connectivity index (χ4n) is 3.50. The highest BCUT2D eigenvalue weighted by Crippen LogP contribution is 2.27. The Labute approximate surface area is 129 Å². The number of esters is 1. The quantitative estimate of drug-likeness (QED) is 0.699. The lowest BCUT2D eigenvalue weighted by Crippen LogP contribution is -2.45. The van der Waals surface area contributed by atoms with Crippen LogP contribution >= 0.6 is 0 Å². The SMILES string of the molecule is CCOC(=O)C(CCN(C)C1CCCCC1C)NC1CC1. The second-order valence-electron chi connectivity index (χ2n) is 6.84. The highest BCUT2D eigenvalue weighted by Gasteiger charge is 2.30. The third kappa shape index (κ3) is 5.26. The highest BCUT2D eigenvalue weighted by atomic mass is 16.5. The minimum atomic E-state index is -0.126. The average molecular weight is 296 g/mol. The van der Waals surface area contributed by atoms with Gasteiger partial charge in [0.1, 0.15) is 6.04 Å². The molecule has 0 bridgehead atoms. The molecule has 3 atom stereocenters. The third-order valence-corrected chi connectivity index (χ3v) is 4.99. The highest BCUT2D eigenvalue weighted by molar-refractivity contribution is 5.75. The average Bonchev–Trinajstić information content (AvgIpc) is 3.27. The van der Waals surface area contributed by atoms with Gasteiger partial charge < -0.3 is 15.0 Å². The molecule has 4 heteroatoms. The minimum absolute atomic E-state index is 0.0745. The van der Waals surface area contributed by atoms with Crippen molar-refractivity contribution in [3.05, 3.63) is 0 Å². The fourth-order valence-corrected chi connectivity index (χ4v) is 3.50. The molecule has 0 aromatic heterocycles. The van der Waals surface area contributed by atoms with Crippen LogP contribution in [0.4, 0.5) is 0 Å². The Kier molecular flexibility index (Phi) is 6.49. The Balaban J connectivity index is 1.80. The molecule has 0 aromatic carbocycles. The topological polar surface area (TPSA) is 41.6 Å². The van der Waals surface area contributed by atoms with E-state index in [0.717, 1.165) is 18.9 Å². The summed E-state index contributed by atoms with van der Waals surface area (Å²) < 4.78 is 5.21. The van der Waals surface area contributed by atoms with Crippen LogP contribution in [0.3, 0.4) is 0 Å². The van der Waals surface area contributed by atoms with Crippen molar-refractivity contribution in [2.24, 2.45) is 5.92 Å². The fraction of sp³-hybridized carbons (Fsp3) is 0.941. The third-order valence-electron chi connectivity index (χ3n) is 4.99. The first-order valence-electron chi connectivity index (χ1n) is 8.74. The van der Waals surface area contributed by atoms with Gasteiger partial charge in [0.15, 0.2) is 0 Å². The lowest BCUT2D eigenvalue weighted by Gasteiger charge is -2.36. The second kappa shape index (κ2) is 8.14. The first-order chi connectivity index (χ1) is 10.1. The molecular weight excluding hydrogens is 264 g/mol. The standard InChI is InChI=1S/C17H32N2O2/c1-4-21-17(20)15(18-14-9-10-14)11-12-19(3)16-8-6-5-7-13(16)2/h13-16,18H,4-12H2,1-3H3. The molecule has 3 unspecified atom stereocenters. The van der Waals surface area contributed by atoms with Gasteiger partial charge >= 0.3 is 5.97 Å². The van der Waals surface area contributed by atoms with Crippen molar-refractivity contribution in [3.8, 4) is 0 Å². The Bertz CT molecular complexity index is 331. The summed E-state index contributed by atoms with van der Waals surface area (Å²) in [5, 5.41) is 3.44. The number of carbonyl (C=O) groups is 1. The molecule has 2 aliphatic carbocycles. The van der Waals surface area contributed by atoms with Crippen molar-refractivity contribution >= 4 is 5.97 Å². The second-order valence-corrected chi connectivity index (χ2v) is 6.84. The maximum absolute atomic E-state index is 12.1. The van der Waals surface area contributed by atoms with E-state index in [9.17, 15) is 4.79 Å². The Morgan fingerprint density at radius 1 is 1.29 bits per heavy atom. The predicted molar refractivity (Wildman–Crippen MR) is 85.2 cm³/mol. The first kappa shape index (κ1) is 16.8. The summed E-state index contributed by atoms with van der Waals surface area (Å²) in [7, 11) is 2.21. The van der Waals surface area contributed by atoms with Crippen molar-refractivity contribution in [3.63, 3.8) is 0 Å². The van der Waals surface area contributed by atoms with E-state index < -0.39 is 0 Å². The molecule has 1 N–H and O–H groups in total. The van der Waals surface area contributed by atoms with Crippen LogP contribution in [-0.4, -0.2) is 49.2 Å². The number of hydrogen-bond acceptors (Lipinski definition) is 4. The van der Waals surface area contributed by atoms with E-state index in [1.54, 1.807) is 0 Å². The van der Waals surface area contributed by atoms with Gasteiger partial charge in [-0.15, -0.1) is 0 Å². The maximum Gasteiger partial charge on any atom is 0.323 e. The van der Waals surface area contributed by atoms with Gasteiger partial charge in [-0.25, -0.2) is 0 Å². The molecule has 0 saturated heterocycles. The molecule has 0 aliphatic heterocycles. The molecule has 21 heavy (non-hydrogen) atoms. The number of nitrogens with zero attached hydrogens (tertiary/aromatic N) is 1. The molecule has 0 radical (unpaired) electrons. The summed E-state index contributed by atoms with van der Waals surface area (Å²) >= 11 is 0. The molecule has 2 rings (SSSR count). The van der Waals surface area contributed by atoms with Crippen LogP contribution in [0.15, 0.2) is 0 Å². The zero-order chi connectivity index (χ0) is 15.2. The van der Waals surface area contributed by atoms with Crippen LogP contribution in [-0.2, 0) is 9.53 Å². The van der Waals surface area contributed by atoms with E-state index in [1.807, 2.05) is 6.92 Å². The van der Waals surface area contributed by atoms with Gasteiger partial charge in [-0.2, -0.15) is 0 Å². The molecular formula is C17H32N2O2. The summed E-state index contributed by atoms with van der Waals surface area (Å²) in [6.07, 6.45) is 8.63. The minimum Gasteiger partial charge on any atom is -0.465 e. The number of nitrogens with one attached hydrogen (secondary N) is 1. The predicted octanol–water partition coefficient (Wildman–Crippen LogP) is 2.57. The number of rotatable bonds is 8. The Hall–Kier alpha value is -0.610. The van der Waals surface area contributed by atoms with E-state index in [1.165, 1.54) is 38.5 Å². The smallest absolute Gasteiger partial charge is 0.323 e. The maximum atomic E-state index is 12.1. The van der Waals surface area contributed by atoms with Crippen molar-refractivity contribution in [1.82, 2.24) is 10.2 Å². The van der Waals surface area contributed by atoms with Gasteiger partial charge in [0.25, 0.3) is 0 Å². The van der Waals surface area contributed by atoms with Gasteiger partial charge in [-0.3, -0.25) is 4.79 Å². The van der Waals surface area contributed by atoms with E-state index in [-0.39, 0.29) is 12.0 Å². The van der Waals surface area contributed by atoms with Gasteiger partial charge in [0.05, 0.1) is 6.61 Å². The molecule has 0 spiro atoms. The number of ether oxygens (including phenoxy) is 1. The van der Waals surface area contributed by atoms with Crippen molar-refractivity contribution < 1.29 is 9.53 Å². The number of carbonyl (C=O) groups excluding carboxylic acids is 1. The van der Waals surface area contributed by atoms with E-state index >= 15 is 0 Å². The van der Waals surface area contributed by atoms with Crippen molar-refractivity contribution in [2.45, 2.75) is 76.9 Å². The Morgan fingerprint density at radius 3 is 2.62 bits per heavy atom. The molecule has 0 heterocycles. The lowest BCUT2D eigenvalue weighted by molar-refractivity contribution is -0.146. The summed E-state index contributed by atoms with van der Waals surface area (Å²) in [4.78, 5) is 14.5. The summed E-state index contributed by atoms with van der Waals surface area (Å²) in [6.45, 7) is 5.68. The summed E-state index contributed by atoms with van der Waals surface area (Å²) in [5.41, 5.74) is 0. The van der Waals surface area contributed by atoms with E-state index in [4.69, 9.17) is 4.74 Å². The lowest BCUT2D eigenvalue weighted by atomic mass is 9.85. The van der Waals surface area contributed by atoms with E-state index in [0.29, 0.717) is 18.7 Å². The van der Waals surface area contributed by atoms with Crippen molar-refractivity contribution in [1.29, 1.82) is 0 Å². The zero-order valence-electron chi connectivity index (χ0n) is 13.9. The summed E-state index contributed by atoms with van der Waals surface area (Å²) in [6, 6.07) is 1.10. The van der Waals surface area contributed by atoms with Gasteiger partial charge in [-0.05, 0) is 52.0 Å². The zero-order valence-corrected chi connectivity index (χ0v) is 13.9. The van der Waals surface area contributed by atoms with E-state index in [2.05, 4.69) is 24.2 Å². The molecule has 2 saturated carbocycles. The molecule has 4 nitrogen and oxygen atoms in total.